The third kappa shape index (κ3) is 6.48. The topological polar surface area (TPSA) is 69.6 Å². The summed E-state index contributed by atoms with van der Waals surface area (Å²) in [6.07, 6.45) is 5.44. The van der Waals surface area contributed by atoms with E-state index in [-0.39, 0.29) is 17.8 Å². The normalized spacial score (nSPS) is 19.9. The second kappa shape index (κ2) is 9.47. The van der Waals surface area contributed by atoms with Crippen LogP contribution >= 0.6 is 0 Å². The number of hydrogen-bond donors (Lipinski definition) is 2. The van der Waals surface area contributed by atoms with E-state index < -0.39 is 0 Å². The van der Waals surface area contributed by atoms with E-state index >= 15 is 0 Å². The van der Waals surface area contributed by atoms with Gasteiger partial charge in [0.2, 0.25) is 5.91 Å². The van der Waals surface area contributed by atoms with Gasteiger partial charge in [-0.05, 0) is 44.7 Å². The summed E-state index contributed by atoms with van der Waals surface area (Å²) in [4.78, 5) is 22.6. The van der Waals surface area contributed by atoms with Gasteiger partial charge in [-0.15, -0.1) is 5.92 Å². The molecule has 0 aromatic heterocycles. The minimum absolute atomic E-state index is 0.0313. The van der Waals surface area contributed by atoms with Crippen LogP contribution in [0.1, 0.15) is 46.0 Å². The van der Waals surface area contributed by atoms with Crippen LogP contribution in [0.15, 0.2) is 0 Å². The van der Waals surface area contributed by atoms with Crippen LogP contribution in [0.3, 0.4) is 0 Å². The molecule has 22 heavy (non-hydrogen) atoms. The van der Waals surface area contributed by atoms with Crippen molar-refractivity contribution in [3.8, 4) is 11.8 Å². The third-order valence-electron chi connectivity index (χ3n) is 4.41. The number of nitrogens with zero attached hydrogens (tertiary/aromatic N) is 1. The smallest absolute Gasteiger partial charge is 0.290 e. The van der Waals surface area contributed by atoms with Gasteiger partial charge in [0.25, 0.3) is 6.47 Å². The molecule has 5 heteroatoms. The summed E-state index contributed by atoms with van der Waals surface area (Å²) in [7, 11) is 0. The van der Waals surface area contributed by atoms with E-state index in [1.807, 2.05) is 0 Å². The standard InChI is InChI=1S/C16H26N2O.CH2O2/c1-3-4-5-10-18-11-6-14(7-12-18)13-17-15(19)16(2)8-9-16;2-1-3/h14H,3,6-13H2,1-2H3,(H,17,19);1H,(H,2,3). The lowest BCUT2D eigenvalue weighted by Crippen LogP contribution is -2.40. The first-order valence-corrected chi connectivity index (χ1v) is 8.10. The van der Waals surface area contributed by atoms with Gasteiger partial charge >= 0.3 is 0 Å². The van der Waals surface area contributed by atoms with E-state index in [1.165, 1.54) is 12.8 Å². The zero-order valence-corrected chi connectivity index (χ0v) is 13.7. The van der Waals surface area contributed by atoms with E-state index in [1.54, 1.807) is 0 Å². The highest BCUT2D eigenvalue weighted by Crippen LogP contribution is 2.45. The number of amides is 1. The average Bonchev–Trinajstić information content (AvgIpc) is 3.26. The van der Waals surface area contributed by atoms with E-state index in [0.717, 1.165) is 45.4 Å². The van der Waals surface area contributed by atoms with Gasteiger partial charge in [0, 0.05) is 18.4 Å². The predicted molar refractivity (Wildman–Crippen MR) is 86.3 cm³/mol. The first-order chi connectivity index (χ1) is 10.6. The number of carbonyl (C=O) groups excluding carboxylic acids is 1. The number of hydrogen-bond acceptors (Lipinski definition) is 3. The second-order valence-electron chi connectivity index (χ2n) is 6.30. The average molecular weight is 308 g/mol. The van der Waals surface area contributed by atoms with Gasteiger partial charge in [-0.25, -0.2) is 0 Å². The Morgan fingerprint density at radius 3 is 2.45 bits per heavy atom. The Labute approximate surface area is 133 Å². The van der Waals surface area contributed by atoms with Crippen molar-refractivity contribution in [2.75, 3.05) is 26.2 Å². The molecule has 0 aromatic carbocycles. The molecule has 2 fully saturated rings. The lowest BCUT2D eigenvalue weighted by molar-refractivity contribution is -0.126. The Morgan fingerprint density at radius 2 is 1.95 bits per heavy atom. The second-order valence-corrected chi connectivity index (χ2v) is 6.30. The molecule has 0 atom stereocenters. The summed E-state index contributed by atoms with van der Waals surface area (Å²) in [5.41, 5.74) is -0.0313. The van der Waals surface area contributed by atoms with Crippen molar-refractivity contribution in [2.24, 2.45) is 11.3 Å². The van der Waals surface area contributed by atoms with Gasteiger partial charge < -0.3 is 10.4 Å². The number of carbonyl (C=O) groups is 2. The van der Waals surface area contributed by atoms with E-state index in [9.17, 15) is 4.79 Å². The van der Waals surface area contributed by atoms with Crippen LogP contribution in [0.5, 0.6) is 0 Å². The van der Waals surface area contributed by atoms with Gasteiger partial charge in [0.05, 0.1) is 6.54 Å². The fourth-order valence-corrected chi connectivity index (χ4v) is 2.51. The zero-order chi connectivity index (χ0) is 16.4. The number of likely N-dealkylation sites (tertiary alicyclic amines) is 1. The minimum Gasteiger partial charge on any atom is -0.483 e. The molecule has 2 N–H and O–H groups in total. The molecule has 0 aromatic rings. The summed E-state index contributed by atoms with van der Waals surface area (Å²) in [6.45, 7) is 7.92. The van der Waals surface area contributed by atoms with Crippen LogP contribution < -0.4 is 5.32 Å². The monoisotopic (exact) mass is 308 g/mol. The van der Waals surface area contributed by atoms with Crippen molar-refractivity contribution >= 4 is 12.4 Å². The van der Waals surface area contributed by atoms with Gasteiger partial charge in [-0.2, -0.15) is 0 Å². The first kappa shape index (κ1) is 18.5. The Kier molecular flexibility index (Phi) is 7.97. The molecule has 1 heterocycles. The Morgan fingerprint density at radius 1 is 1.36 bits per heavy atom. The summed E-state index contributed by atoms with van der Waals surface area (Å²) in [6, 6.07) is 0. The fourth-order valence-electron chi connectivity index (χ4n) is 2.51. The van der Waals surface area contributed by atoms with Crippen LogP contribution in [-0.2, 0) is 9.59 Å². The maximum Gasteiger partial charge on any atom is 0.290 e. The highest BCUT2D eigenvalue weighted by Gasteiger charge is 2.44. The van der Waals surface area contributed by atoms with Crippen molar-refractivity contribution in [3.05, 3.63) is 0 Å². The molecule has 1 saturated heterocycles. The van der Waals surface area contributed by atoms with Crippen molar-refractivity contribution in [2.45, 2.75) is 46.0 Å². The number of carboxylic acid groups (broad SMARTS) is 1. The summed E-state index contributed by atoms with van der Waals surface area (Å²) < 4.78 is 0. The lowest BCUT2D eigenvalue weighted by atomic mass is 9.96. The first-order valence-electron chi connectivity index (χ1n) is 8.10. The number of piperidine rings is 1. The van der Waals surface area contributed by atoms with E-state index in [4.69, 9.17) is 9.90 Å². The molecular weight excluding hydrogens is 280 g/mol. The van der Waals surface area contributed by atoms with Crippen molar-refractivity contribution in [1.82, 2.24) is 10.2 Å². The maximum absolute atomic E-state index is 11.9. The summed E-state index contributed by atoms with van der Waals surface area (Å²) >= 11 is 0. The molecule has 0 radical (unpaired) electrons. The number of nitrogens with one attached hydrogen (secondary N) is 1. The molecule has 1 amide bonds. The molecule has 2 rings (SSSR count). The van der Waals surface area contributed by atoms with Crippen molar-refractivity contribution in [1.29, 1.82) is 0 Å². The molecule has 5 nitrogen and oxygen atoms in total. The highest BCUT2D eigenvalue weighted by molar-refractivity contribution is 5.84. The van der Waals surface area contributed by atoms with Gasteiger partial charge in [0.1, 0.15) is 0 Å². The third-order valence-corrected chi connectivity index (χ3v) is 4.41. The van der Waals surface area contributed by atoms with Gasteiger partial charge in [-0.3, -0.25) is 14.5 Å². The van der Waals surface area contributed by atoms with Crippen LogP contribution in [0.2, 0.25) is 0 Å². The Balaban J connectivity index is 0.000000745. The quantitative estimate of drug-likeness (QED) is 0.613. The molecule has 0 unspecified atom stereocenters. The predicted octanol–water partition coefficient (Wildman–Crippen LogP) is 1.73. The van der Waals surface area contributed by atoms with Crippen LogP contribution in [-0.4, -0.2) is 48.6 Å². The van der Waals surface area contributed by atoms with Crippen LogP contribution in [0.4, 0.5) is 0 Å². The zero-order valence-electron chi connectivity index (χ0n) is 13.7. The SMILES string of the molecule is CCC#CCN1CCC(CNC(=O)C2(C)CC2)CC1.O=CO. The maximum atomic E-state index is 11.9. The minimum atomic E-state index is -0.250. The molecule has 1 aliphatic heterocycles. The number of rotatable bonds is 4. The lowest BCUT2D eigenvalue weighted by Gasteiger charge is -2.30. The van der Waals surface area contributed by atoms with E-state index in [2.05, 4.69) is 35.9 Å². The van der Waals surface area contributed by atoms with Gasteiger partial charge in [0.15, 0.2) is 0 Å². The highest BCUT2D eigenvalue weighted by atomic mass is 16.3. The molecule has 1 aliphatic carbocycles. The molecule has 1 saturated carbocycles. The summed E-state index contributed by atoms with van der Waals surface area (Å²) in [5, 5.41) is 10.0. The molecule has 0 spiro atoms. The van der Waals surface area contributed by atoms with Crippen molar-refractivity contribution < 1.29 is 14.7 Å². The van der Waals surface area contributed by atoms with Gasteiger partial charge in [-0.1, -0.05) is 19.8 Å². The van der Waals surface area contributed by atoms with E-state index in [0.29, 0.717) is 5.92 Å². The molecule has 124 valence electrons. The fraction of sp³-hybridized carbons (Fsp3) is 0.765. The van der Waals surface area contributed by atoms with Crippen LogP contribution in [0.25, 0.3) is 0 Å². The largest absolute Gasteiger partial charge is 0.483 e. The van der Waals surface area contributed by atoms with Crippen LogP contribution in [0, 0.1) is 23.2 Å². The summed E-state index contributed by atoms with van der Waals surface area (Å²) in [5.74, 6) is 7.25. The Hall–Kier alpha value is -1.54. The molecule has 2 aliphatic rings. The van der Waals surface area contributed by atoms with Crippen molar-refractivity contribution in [3.63, 3.8) is 0 Å². The molecular formula is C17H28N2O3. The molecule has 0 bridgehead atoms. The Bertz CT molecular complexity index is 413.